The predicted octanol–water partition coefficient (Wildman–Crippen LogP) is 2.25. The van der Waals surface area contributed by atoms with Crippen molar-refractivity contribution >= 4 is 38.9 Å². The van der Waals surface area contributed by atoms with Crippen molar-refractivity contribution in [3.05, 3.63) is 58.8 Å². The summed E-state index contributed by atoms with van der Waals surface area (Å²) >= 11 is 3.41. The second-order valence-corrected chi connectivity index (χ2v) is 6.62. The molecule has 3 heterocycles. The standard InChI is InChI=1S/C18H15BrN4O3/c19-13-10-21-23-8-3-4-12(17(13)23)18(25)20-7-9-22-14-5-1-2-6-15(14)26-11-16(22)24/h1-6,8,10H,7,9,11H2,(H,20,25). The monoisotopic (exact) mass is 414 g/mol. The first-order valence-electron chi connectivity index (χ1n) is 8.07. The van der Waals surface area contributed by atoms with Gasteiger partial charge in [-0.15, -0.1) is 0 Å². The molecule has 1 aliphatic heterocycles. The van der Waals surface area contributed by atoms with Crippen LogP contribution in [0.15, 0.2) is 53.3 Å². The molecule has 1 aliphatic rings. The van der Waals surface area contributed by atoms with E-state index in [2.05, 4.69) is 26.3 Å². The van der Waals surface area contributed by atoms with Gasteiger partial charge in [-0.3, -0.25) is 9.59 Å². The zero-order chi connectivity index (χ0) is 18.1. The van der Waals surface area contributed by atoms with Gasteiger partial charge in [-0.1, -0.05) is 12.1 Å². The molecule has 132 valence electrons. The fourth-order valence-corrected chi connectivity index (χ4v) is 3.45. The van der Waals surface area contributed by atoms with Gasteiger partial charge in [0.05, 0.1) is 27.4 Å². The minimum Gasteiger partial charge on any atom is -0.482 e. The quantitative estimate of drug-likeness (QED) is 0.710. The van der Waals surface area contributed by atoms with Crippen molar-refractivity contribution in [1.82, 2.24) is 14.9 Å². The molecule has 0 atom stereocenters. The van der Waals surface area contributed by atoms with E-state index in [0.29, 0.717) is 29.9 Å². The van der Waals surface area contributed by atoms with E-state index in [1.54, 1.807) is 33.9 Å². The third-order valence-electron chi connectivity index (χ3n) is 4.17. The number of carbonyl (C=O) groups excluding carboxylic acids is 2. The van der Waals surface area contributed by atoms with Crippen LogP contribution in [0.3, 0.4) is 0 Å². The Balaban J connectivity index is 1.47. The highest BCUT2D eigenvalue weighted by Gasteiger charge is 2.25. The second-order valence-electron chi connectivity index (χ2n) is 5.77. The van der Waals surface area contributed by atoms with E-state index in [0.717, 1.165) is 10.2 Å². The summed E-state index contributed by atoms with van der Waals surface area (Å²) < 4.78 is 7.81. The summed E-state index contributed by atoms with van der Waals surface area (Å²) in [6.07, 6.45) is 3.43. The number of pyridine rings is 1. The molecule has 0 aliphatic carbocycles. The Kier molecular flexibility index (Phi) is 4.34. The van der Waals surface area contributed by atoms with Gasteiger partial charge in [0.2, 0.25) is 0 Å². The predicted molar refractivity (Wildman–Crippen MR) is 99.5 cm³/mol. The second kappa shape index (κ2) is 6.80. The molecule has 8 heteroatoms. The van der Waals surface area contributed by atoms with Crippen molar-refractivity contribution in [1.29, 1.82) is 0 Å². The summed E-state index contributed by atoms with van der Waals surface area (Å²) in [6, 6.07) is 10.9. The summed E-state index contributed by atoms with van der Waals surface area (Å²) in [6.45, 7) is 0.702. The SMILES string of the molecule is O=C(NCCN1C(=O)COc2ccccc21)c1cccn2ncc(Br)c12. The van der Waals surface area contributed by atoms with Crippen molar-refractivity contribution in [2.24, 2.45) is 0 Å². The lowest BCUT2D eigenvalue weighted by molar-refractivity contribution is -0.121. The van der Waals surface area contributed by atoms with E-state index < -0.39 is 0 Å². The molecule has 0 fully saturated rings. The number of hydrogen-bond acceptors (Lipinski definition) is 4. The first-order chi connectivity index (χ1) is 12.6. The number of rotatable bonds is 4. The molecule has 1 aromatic carbocycles. The summed E-state index contributed by atoms with van der Waals surface area (Å²) in [5, 5.41) is 7.04. The van der Waals surface area contributed by atoms with Crippen LogP contribution in [0.2, 0.25) is 0 Å². The number of nitrogens with zero attached hydrogens (tertiary/aromatic N) is 3. The van der Waals surface area contributed by atoms with E-state index in [1.165, 1.54) is 0 Å². The molecular weight excluding hydrogens is 400 g/mol. The van der Waals surface area contributed by atoms with Gasteiger partial charge < -0.3 is 15.0 Å². The average molecular weight is 415 g/mol. The van der Waals surface area contributed by atoms with E-state index in [9.17, 15) is 9.59 Å². The number of aromatic nitrogens is 2. The molecule has 2 aromatic heterocycles. The third-order valence-corrected chi connectivity index (χ3v) is 4.75. The minimum atomic E-state index is -0.217. The lowest BCUT2D eigenvalue weighted by Gasteiger charge is -2.29. The molecule has 2 amide bonds. The zero-order valence-electron chi connectivity index (χ0n) is 13.7. The summed E-state index contributed by atoms with van der Waals surface area (Å²) in [4.78, 5) is 26.4. The van der Waals surface area contributed by atoms with Gasteiger partial charge in [0.1, 0.15) is 5.75 Å². The Morgan fingerprint density at radius 3 is 3.00 bits per heavy atom. The number of hydrogen-bond donors (Lipinski definition) is 1. The van der Waals surface area contributed by atoms with Crippen LogP contribution in [0.25, 0.3) is 5.52 Å². The lowest BCUT2D eigenvalue weighted by atomic mass is 10.2. The van der Waals surface area contributed by atoms with Crippen molar-refractivity contribution in [2.75, 3.05) is 24.6 Å². The van der Waals surface area contributed by atoms with Crippen molar-refractivity contribution in [3.8, 4) is 5.75 Å². The van der Waals surface area contributed by atoms with Crippen LogP contribution in [-0.2, 0) is 4.79 Å². The van der Waals surface area contributed by atoms with Crippen LogP contribution >= 0.6 is 15.9 Å². The number of nitrogens with one attached hydrogen (secondary N) is 1. The molecule has 1 N–H and O–H groups in total. The van der Waals surface area contributed by atoms with Gasteiger partial charge in [0.25, 0.3) is 11.8 Å². The first-order valence-corrected chi connectivity index (χ1v) is 8.86. The maximum absolute atomic E-state index is 12.6. The zero-order valence-corrected chi connectivity index (χ0v) is 15.3. The topological polar surface area (TPSA) is 75.9 Å². The summed E-state index contributed by atoms with van der Waals surface area (Å²) in [5.74, 6) is 0.329. The van der Waals surface area contributed by atoms with Crippen LogP contribution in [-0.4, -0.2) is 41.1 Å². The van der Waals surface area contributed by atoms with Gasteiger partial charge in [-0.05, 0) is 40.2 Å². The Hall–Kier alpha value is -2.87. The van der Waals surface area contributed by atoms with Crippen molar-refractivity contribution < 1.29 is 14.3 Å². The van der Waals surface area contributed by atoms with Crippen molar-refractivity contribution in [3.63, 3.8) is 0 Å². The maximum Gasteiger partial charge on any atom is 0.265 e. The van der Waals surface area contributed by atoms with Crippen LogP contribution in [0.4, 0.5) is 5.69 Å². The van der Waals surface area contributed by atoms with E-state index in [4.69, 9.17) is 4.74 Å². The number of carbonyl (C=O) groups is 2. The van der Waals surface area contributed by atoms with E-state index in [-0.39, 0.29) is 18.4 Å². The highest BCUT2D eigenvalue weighted by molar-refractivity contribution is 9.10. The molecule has 4 rings (SSSR count). The molecule has 26 heavy (non-hydrogen) atoms. The van der Waals surface area contributed by atoms with Crippen LogP contribution in [0.5, 0.6) is 5.75 Å². The molecule has 3 aromatic rings. The maximum atomic E-state index is 12.6. The van der Waals surface area contributed by atoms with Gasteiger partial charge >= 0.3 is 0 Å². The van der Waals surface area contributed by atoms with E-state index >= 15 is 0 Å². The largest absolute Gasteiger partial charge is 0.482 e. The molecule has 0 radical (unpaired) electrons. The number of ether oxygens (including phenoxy) is 1. The van der Waals surface area contributed by atoms with E-state index in [1.807, 2.05) is 24.3 Å². The average Bonchev–Trinajstić information content (AvgIpc) is 3.04. The van der Waals surface area contributed by atoms with Gasteiger partial charge in [-0.2, -0.15) is 5.10 Å². The molecule has 7 nitrogen and oxygen atoms in total. The number of halogens is 1. The van der Waals surface area contributed by atoms with Gasteiger partial charge in [0.15, 0.2) is 6.61 Å². The third kappa shape index (κ3) is 2.92. The molecule has 0 saturated heterocycles. The fourth-order valence-electron chi connectivity index (χ4n) is 2.96. The number of para-hydroxylation sites is 2. The van der Waals surface area contributed by atoms with Crippen LogP contribution in [0, 0.1) is 0 Å². The van der Waals surface area contributed by atoms with Gasteiger partial charge in [0, 0.05) is 19.3 Å². The van der Waals surface area contributed by atoms with Crippen molar-refractivity contribution in [2.45, 2.75) is 0 Å². The molecular formula is C18H15BrN4O3. The molecule has 0 spiro atoms. The summed E-state index contributed by atoms with van der Waals surface area (Å²) in [5.41, 5.74) is 1.95. The number of anilines is 1. The van der Waals surface area contributed by atoms with Gasteiger partial charge in [-0.25, -0.2) is 4.52 Å². The Labute approximate surface area is 157 Å². The Bertz CT molecular complexity index is 1000. The van der Waals surface area contributed by atoms with Crippen LogP contribution < -0.4 is 15.0 Å². The number of fused-ring (bicyclic) bond motifs is 2. The first kappa shape index (κ1) is 16.6. The smallest absolute Gasteiger partial charge is 0.265 e. The highest BCUT2D eigenvalue weighted by atomic mass is 79.9. The lowest BCUT2D eigenvalue weighted by Crippen LogP contribution is -2.43. The Morgan fingerprint density at radius 1 is 1.27 bits per heavy atom. The molecule has 0 saturated carbocycles. The molecule has 0 unspecified atom stereocenters. The normalized spacial score (nSPS) is 13.4. The molecule has 0 bridgehead atoms. The Morgan fingerprint density at radius 2 is 2.12 bits per heavy atom. The minimum absolute atomic E-state index is 0.00698. The number of benzene rings is 1. The highest BCUT2D eigenvalue weighted by Crippen LogP contribution is 2.31. The van der Waals surface area contributed by atoms with Crippen LogP contribution in [0.1, 0.15) is 10.4 Å². The number of amides is 2. The summed E-state index contributed by atoms with van der Waals surface area (Å²) in [7, 11) is 0. The fraction of sp³-hybridized carbons (Fsp3) is 0.167.